The fourth-order valence-electron chi connectivity index (χ4n) is 5.29. The van der Waals surface area contributed by atoms with E-state index in [9.17, 15) is 0 Å². The minimum absolute atomic E-state index is 0.787. The Balaban J connectivity index is 1.66. The van der Waals surface area contributed by atoms with Crippen LogP contribution >= 0.6 is 11.6 Å². The highest BCUT2D eigenvalue weighted by Gasteiger charge is 2.15. The maximum Gasteiger partial charge on any atom is 0.0556 e. The second kappa shape index (κ2) is 6.59. The van der Waals surface area contributed by atoms with E-state index in [1.165, 1.54) is 43.2 Å². The predicted octanol–water partition coefficient (Wildman–Crippen LogP) is 8.90. The molecule has 0 saturated heterocycles. The Morgan fingerprint density at radius 2 is 0.969 bits per heavy atom. The van der Waals surface area contributed by atoms with Gasteiger partial charge in [0.15, 0.2) is 0 Å². The smallest absolute Gasteiger partial charge is 0.0556 e. The van der Waals surface area contributed by atoms with Gasteiger partial charge in [0, 0.05) is 16.5 Å². The van der Waals surface area contributed by atoms with Gasteiger partial charge in [0.05, 0.1) is 16.1 Å². The maximum atomic E-state index is 6.66. The van der Waals surface area contributed by atoms with E-state index in [1.807, 2.05) is 12.1 Å². The van der Waals surface area contributed by atoms with Gasteiger partial charge in [0.2, 0.25) is 0 Å². The summed E-state index contributed by atoms with van der Waals surface area (Å²) in [5.41, 5.74) is 3.44. The van der Waals surface area contributed by atoms with Crippen LogP contribution < -0.4 is 0 Å². The van der Waals surface area contributed by atoms with Gasteiger partial charge in [-0.2, -0.15) is 0 Å². The molecule has 0 N–H and O–H groups in total. The Labute approximate surface area is 190 Å². The van der Waals surface area contributed by atoms with Crippen molar-refractivity contribution in [1.29, 1.82) is 0 Å². The monoisotopic (exact) mass is 427 g/mol. The number of fused-ring (bicyclic) bond motifs is 9. The number of nitrogens with zero attached hydrogens (tertiary/aromatic N) is 1. The summed E-state index contributed by atoms with van der Waals surface area (Å²) in [7, 11) is 0. The quantitative estimate of drug-likeness (QED) is 0.230. The minimum atomic E-state index is 0.787. The molecule has 7 aromatic rings. The number of para-hydroxylation sites is 1. The molecule has 0 aliphatic rings. The van der Waals surface area contributed by atoms with Crippen molar-refractivity contribution < 1.29 is 0 Å². The van der Waals surface area contributed by atoms with Crippen molar-refractivity contribution >= 4 is 65.7 Å². The molecule has 32 heavy (non-hydrogen) atoms. The zero-order valence-corrected chi connectivity index (χ0v) is 18.0. The predicted molar refractivity (Wildman–Crippen MR) is 138 cm³/mol. The third kappa shape index (κ3) is 2.34. The maximum absolute atomic E-state index is 6.66. The molecule has 2 heteroatoms. The Morgan fingerprint density at radius 3 is 1.66 bits per heavy atom. The normalized spacial score (nSPS) is 11.9. The van der Waals surface area contributed by atoms with Crippen LogP contribution in [0.5, 0.6) is 0 Å². The van der Waals surface area contributed by atoms with Crippen LogP contribution in [0.3, 0.4) is 0 Å². The van der Waals surface area contributed by atoms with Gasteiger partial charge in [0.25, 0.3) is 0 Å². The number of hydrogen-bond donors (Lipinski definition) is 0. The van der Waals surface area contributed by atoms with Crippen molar-refractivity contribution in [2.24, 2.45) is 0 Å². The van der Waals surface area contributed by atoms with E-state index in [-0.39, 0.29) is 0 Å². The summed E-state index contributed by atoms with van der Waals surface area (Å²) in [6.07, 6.45) is 0. The molecule has 0 fully saturated rings. The zero-order valence-electron chi connectivity index (χ0n) is 17.2. The summed E-state index contributed by atoms with van der Waals surface area (Å²) in [6, 6.07) is 38.9. The van der Waals surface area contributed by atoms with Crippen LogP contribution in [0, 0.1) is 0 Å². The van der Waals surface area contributed by atoms with Crippen LogP contribution in [-0.4, -0.2) is 4.57 Å². The number of aromatic nitrogens is 1. The molecule has 1 heterocycles. The molecule has 0 spiro atoms. The van der Waals surface area contributed by atoms with E-state index >= 15 is 0 Å². The third-order valence-corrected chi connectivity index (χ3v) is 6.95. The van der Waals surface area contributed by atoms with Crippen molar-refractivity contribution in [3.05, 3.63) is 114 Å². The molecule has 0 amide bonds. The van der Waals surface area contributed by atoms with Crippen LogP contribution in [0.2, 0.25) is 5.02 Å². The van der Waals surface area contributed by atoms with Gasteiger partial charge in [-0.1, -0.05) is 90.5 Å². The molecule has 0 aliphatic heterocycles. The fraction of sp³-hybridized carbons (Fsp3) is 0. The number of benzene rings is 6. The zero-order chi connectivity index (χ0) is 21.2. The van der Waals surface area contributed by atoms with E-state index < -0.39 is 0 Å². The summed E-state index contributed by atoms with van der Waals surface area (Å²) < 4.78 is 2.33. The number of halogens is 1. The summed E-state index contributed by atoms with van der Waals surface area (Å²) >= 11 is 6.66. The molecule has 7 rings (SSSR count). The van der Waals surface area contributed by atoms with Crippen molar-refractivity contribution in [1.82, 2.24) is 4.57 Å². The Hall–Kier alpha value is -3.81. The first-order chi connectivity index (χ1) is 15.8. The summed E-state index contributed by atoms with van der Waals surface area (Å²) in [6.45, 7) is 0. The van der Waals surface area contributed by atoms with Gasteiger partial charge < -0.3 is 4.57 Å². The number of hydrogen-bond acceptors (Lipinski definition) is 0. The highest BCUT2D eigenvalue weighted by atomic mass is 35.5. The molecule has 0 aliphatic carbocycles. The molecule has 6 aromatic carbocycles. The lowest BCUT2D eigenvalue weighted by Gasteiger charge is -2.13. The summed E-state index contributed by atoms with van der Waals surface area (Å²) in [5, 5.41) is 10.8. The first-order valence-electron chi connectivity index (χ1n) is 10.8. The third-order valence-electron chi connectivity index (χ3n) is 6.63. The Kier molecular flexibility index (Phi) is 3.67. The molecule has 0 unspecified atom stereocenters. The largest absolute Gasteiger partial charge is 0.309 e. The van der Waals surface area contributed by atoms with Crippen molar-refractivity contribution in [2.45, 2.75) is 0 Å². The first-order valence-corrected chi connectivity index (χ1v) is 11.2. The van der Waals surface area contributed by atoms with E-state index in [2.05, 4.69) is 102 Å². The second-order valence-corrected chi connectivity index (χ2v) is 8.71. The highest BCUT2D eigenvalue weighted by molar-refractivity contribution is 6.38. The average molecular weight is 428 g/mol. The van der Waals surface area contributed by atoms with Crippen LogP contribution in [0.4, 0.5) is 0 Å². The lowest BCUT2D eigenvalue weighted by atomic mass is 9.94. The van der Waals surface area contributed by atoms with E-state index in [0.29, 0.717) is 0 Å². The molecule has 0 radical (unpaired) electrons. The van der Waals surface area contributed by atoms with Gasteiger partial charge in [-0.05, 0) is 62.6 Å². The summed E-state index contributed by atoms with van der Waals surface area (Å²) in [4.78, 5) is 0. The van der Waals surface area contributed by atoms with E-state index in [1.54, 1.807) is 0 Å². The molecule has 0 atom stereocenters. The van der Waals surface area contributed by atoms with E-state index in [4.69, 9.17) is 11.6 Å². The van der Waals surface area contributed by atoms with Gasteiger partial charge >= 0.3 is 0 Å². The van der Waals surface area contributed by atoms with Gasteiger partial charge in [-0.3, -0.25) is 0 Å². The first kappa shape index (κ1) is 17.8. The van der Waals surface area contributed by atoms with Crippen LogP contribution in [-0.2, 0) is 0 Å². The lowest BCUT2D eigenvalue weighted by molar-refractivity contribution is 1.19. The summed E-state index contributed by atoms with van der Waals surface area (Å²) in [5.74, 6) is 0. The molecule has 150 valence electrons. The fourth-order valence-corrected chi connectivity index (χ4v) is 5.56. The lowest BCUT2D eigenvalue weighted by Crippen LogP contribution is -1.94. The van der Waals surface area contributed by atoms with Crippen LogP contribution in [0.1, 0.15) is 0 Å². The minimum Gasteiger partial charge on any atom is -0.309 e. The van der Waals surface area contributed by atoms with Gasteiger partial charge in [-0.15, -0.1) is 0 Å². The molecule has 1 nitrogen and oxygen atoms in total. The number of rotatable bonds is 1. The molecule has 0 bridgehead atoms. The van der Waals surface area contributed by atoms with Crippen molar-refractivity contribution in [2.75, 3.05) is 0 Å². The van der Waals surface area contributed by atoms with Gasteiger partial charge in [-0.25, -0.2) is 0 Å². The molecular formula is C30H18ClN. The highest BCUT2D eigenvalue weighted by Crippen LogP contribution is 2.39. The molecule has 0 saturated carbocycles. The average Bonchev–Trinajstić information content (AvgIpc) is 3.19. The SMILES string of the molecule is Clc1cccc2c1c1ccccc1n2-c1ccc2c3ccccc3c3ccccc3c2c1. The van der Waals surface area contributed by atoms with Crippen molar-refractivity contribution in [3.8, 4) is 5.69 Å². The second-order valence-electron chi connectivity index (χ2n) is 8.31. The van der Waals surface area contributed by atoms with Crippen LogP contribution in [0.25, 0.3) is 59.8 Å². The van der Waals surface area contributed by atoms with Crippen molar-refractivity contribution in [3.63, 3.8) is 0 Å². The van der Waals surface area contributed by atoms with Crippen LogP contribution in [0.15, 0.2) is 109 Å². The topological polar surface area (TPSA) is 4.93 Å². The Bertz CT molecular complexity index is 1810. The molecular weight excluding hydrogens is 410 g/mol. The van der Waals surface area contributed by atoms with Gasteiger partial charge in [0.1, 0.15) is 0 Å². The van der Waals surface area contributed by atoms with E-state index in [0.717, 1.165) is 21.6 Å². The Morgan fingerprint density at radius 1 is 0.438 bits per heavy atom. The standard InChI is InChI=1S/C30H18ClN/c31-27-13-7-15-29-30(27)25-12-5-6-14-28(25)32(29)19-16-17-24-22-10-2-1-8-20(22)21-9-3-4-11-23(21)26(24)18-19/h1-18H. The molecule has 1 aromatic heterocycles.